The molecule has 2 saturated carbocycles. The van der Waals surface area contributed by atoms with Crippen LogP contribution in [0.25, 0.3) is 6.08 Å². The molecule has 0 N–H and O–H groups in total. The Labute approximate surface area is 172 Å². The molecule has 0 bridgehead atoms. The predicted octanol–water partition coefficient (Wildman–Crippen LogP) is 3.36. The van der Waals surface area contributed by atoms with Gasteiger partial charge in [0.05, 0.1) is 12.5 Å². The van der Waals surface area contributed by atoms with Crippen molar-refractivity contribution < 1.29 is 21.9 Å². The molecule has 4 rings (SSSR count). The molecule has 0 atom stereocenters. The van der Waals surface area contributed by atoms with Crippen LogP contribution in [-0.4, -0.2) is 20.5 Å². The molecule has 5 heteroatoms. The zero-order chi connectivity index (χ0) is 18.0. The molecule has 2 aliphatic rings. The quantitative estimate of drug-likeness (QED) is 0.574. The van der Waals surface area contributed by atoms with E-state index in [9.17, 15) is 4.79 Å². The van der Waals surface area contributed by atoms with E-state index in [1.54, 1.807) is 11.0 Å². The van der Waals surface area contributed by atoms with Crippen LogP contribution < -0.4 is 0 Å². The number of Topliss-reactive ketones (excluding diaryl/α,β-unsaturated/α-hetero) is 1. The maximum atomic E-state index is 12.6. The molecular weight excluding hydrogens is 378 g/mol. The van der Waals surface area contributed by atoms with Gasteiger partial charge >= 0.3 is 17.1 Å². The molecule has 0 saturated heterocycles. The maximum Gasteiger partial charge on any atom is 2.00 e. The topological polar surface area (TPSA) is 47.8 Å². The zero-order valence-electron chi connectivity index (χ0n) is 14.6. The number of benzene rings is 1. The van der Waals surface area contributed by atoms with E-state index >= 15 is 0 Å². The minimum absolute atomic E-state index is 0. The fourth-order valence-corrected chi connectivity index (χ4v) is 2.45. The number of aromatic nitrogens is 3. The molecule has 0 spiro atoms. The van der Waals surface area contributed by atoms with Crippen LogP contribution >= 0.6 is 0 Å². The Bertz CT molecular complexity index is 680. The summed E-state index contributed by atoms with van der Waals surface area (Å²) in [6.45, 7) is 0.402. The van der Waals surface area contributed by atoms with Crippen LogP contribution in [0.1, 0.15) is 5.56 Å². The van der Waals surface area contributed by atoms with E-state index in [0.717, 1.165) is 5.56 Å². The van der Waals surface area contributed by atoms with Crippen molar-refractivity contribution in [3.8, 4) is 0 Å². The van der Waals surface area contributed by atoms with E-state index in [2.05, 4.69) is 10.1 Å². The molecule has 4 nitrogen and oxygen atoms in total. The molecule has 2 aliphatic carbocycles. The Balaban J connectivity index is 0.000000379. The number of hydrogen-bond acceptors (Lipinski definition) is 3. The number of nitrogens with zero attached hydrogens (tertiary/aromatic N) is 3. The monoisotopic (exact) mass is 397 g/mol. The van der Waals surface area contributed by atoms with E-state index in [1.165, 1.54) is 6.33 Å². The fourth-order valence-electron chi connectivity index (χ4n) is 2.45. The van der Waals surface area contributed by atoms with E-state index < -0.39 is 0 Å². The first kappa shape index (κ1) is 21.6. The number of allylic oxidation sites excluding steroid dienone is 1. The Morgan fingerprint density at radius 2 is 1.56 bits per heavy atom. The summed E-state index contributed by atoms with van der Waals surface area (Å²) in [5.41, 5.74) is 1.67. The van der Waals surface area contributed by atoms with Crippen LogP contribution in [0.2, 0.25) is 0 Å². The molecule has 2 aromatic rings. The van der Waals surface area contributed by atoms with Crippen LogP contribution in [0.4, 0.5) is 0 Å². The summed E-state index contributed by atoms with van der Waals surface area (Å²) in [5, 5.41) is 4.07. The van der Waals surface area contributed by atoms with E-state index in [-0.39, 0.29) is 22.9 Å². The first-order valence-corrected chi connectivity index (χ1v) is 8.34. The van der Waals surface area contributed by atoms with Crippen molar-refractivity contribution in [2.45, 2.75) is 6.54 Å². The van der Waals surface area contributed by atoms with Crippen molar-refractivity contribution in [3.05, 3.63) is 118 Å². The van der Waals surface area contributed by atoms with E-state index in [1.807, 2.05) is 94.2 Å². The van der Waals surface area contributed by atoms with Gasteiger partial charge in [0, 0.05) is 5.57 Å². The van der Waals surface area contributed by atoms with Gasteiger partial charge in [-0.05, 0) is 69.4 Å². The fraction of sp³-hybridized carbons (Fsp3) is 0.0455. The molecular formula is C22H19FeN3O+2. The standard InChI is InChI=1S/C17H14N3O.C5H5.Fe/c21-17(15-8-4-5-9-15)16(11-20-13-18-12-19-20)10-14-6-2-1-3-7-14;1-2-4-5-3-1;/h1-10,12-13H,11H2;1-5H;/q;;+2/b16-10+;;. The molecule has 1 heterocycles. The van der Waals surface area contributed by atoms with E-state index in [4.69, 9.17) is 0 Å². The van der Waals surface area contributed by atoms with Gasteiger partial charge in [-0.3, -0.25) is 4.79 Å². The van der Waals surface area contributed by atoms with Crippen molar-refractivity contribution in [2.75, 3.05) is 0 Å². The number of hydrogen-bond donors (Lipinski definition) is 0. The normalized spacial score (nSPS) is 17.1. The minimum Gasteiger partial charge on any atom is -0.294 e. The predicted molar refractivity (Wildman–Crippen MR) is 101 cm³/mol. The summed E-state index contributed by atoms with van der Waals surface area (Å²) < 4.78 is 1.65. The van der Waals surface area contributed by atoms with Gasteiger partial charge in [-0.1, -0.05) is 30.3 Å². The van der Waals surface area contributed by atoms with Gasteiger partial charge in [0.15, 0.2) is 5.78 Å². The average Bonchev–Trinajstić information content (AvgIpc) is 3.46. The third-order valence-corrected chi connectivity index (χ3v) is 3.71. The summed E-state index contributed by atoms with van der Waals surface area (Å²) in [4.78, 5) is 16.5. The third kappa shape index (κ3) is 7.08. The first-order valence-electron chi connectivity index (χ1n) is 8.34. The summed E-state index contributed by atoms with van der Waals surface area (Å²) in [6, 6.07) is 9.80. The Morgan fingerprint density at radius 3 is 2.11 bits per heavy atom. The van der Waals surface area contributed by atoms with Crippen LogP contribution in [0, 0.1) is 63.7 Å². The SMILES string of the molecule is O=C([C]1[CH][CH][CH][CH]1)/C(=C/c1ccccc1)Cn1cncn1.[CH]1[CH][CH][CH][CH]1.[Fe+2]. The summed E-state index contributed by atoms with van der Waals surface area (Å²) in [7, 11) is 0. The molecule has 0 unspecified atom stereocenters. The number of carbonyl (C=O) groups excluding carboxylic acids is 1. The number of carbonyl (C=O) groups is 1. The van der Waals surface area contributed by atoms with Crippen molar-refractivity contribution >= 4 is 11.9 Å². The second kappa shape index (κ2) is 11.9. The number of rotatable bonds is 5. The van der Waals surface area contributed by atoms with Crippen molar-refractivity contribution in [1.29, 1.82) is 0 Å². The Kier molecular flexibility index (Phi) is 9.51. The summed E-state index contributed by atoms with van der Waals surface area (Å²) in [5.74, 6) is 0.705. The van der Waals surface area contributed by atoms with Gasteiger partial charge in [-0.25, -0.2) is 9.67 Å². The Morgan fingerprint density at radius 1 is 0.926 bits per heavy atom. The maximum absolute atomic E-state index is 12.6. The van der Waals surface area contributed by atoms with Gasteiger partial charge in [-0.15, -0.1) is 0 Å². The number of ketones is 1. The molecule has 10 radical (unpaired) electrons. The molecule has 2 fully saturated rings. The summed E-state index contributed by atoms with van der Waals surface area (Å²) >= 11 is 0. The van der Waals surface area contributed by atoms with E-state index in [0.29, 0.717) is 18.0 Å². The largest absolute Gasteiger partial charge is 2.00 e. The van der Waals surface area contributed by atoms with Crippen molar-refractivity contribution in [2.24, 2.45) is 0 Å². The minimum atomic E-state index is 0. The molecule has 27 heavy (non-hydrogen) atoms. The van der Waals surface area contributed by atoms with Gasteiger partial charge in [0.25, 0.3) is 0 Å². The second-order valence-corrected chi connectivity index (χ2v) is 5.64. The van der Waals surface area contributed by atoms with Gasteiger partial charge < -0.3 is 0 Å². The molecule has 1 aromatic carbocycles. The van der Waals surface area contributed by atoms with Gasteiger partial charge in [0.2, 0.25) is 0 Å². The Hall–Kier alpha value is -1.71. The smallest absolute Gasteiger partial charge is 0.294 e. The van der Waals surface area contributed by atoms with Crippen LogP contribution in [-0.2, 0) is 28.4 Å². The molecule has 0 amide bonds. The second-order valence-electron chi connectivity index (χ2n) is 5.64. The molecule has 0 aliphatic heterocycles. The summed E-state index contributed by atoms with van der Waals surface area (Å²) in [6.07, 6.45) is 22.3. The van der Waals surface area contributed by atoms with Crippen molar-refractivity contribution in [3.63, 3.8) is 0 Å². The van der Waals surface area contributed by atoms with Gasteiger partial charge in [-0.2, -0.15) is 5.10 Å². The van der Waals surface area contributed by atoms with Crippen LogP contribution in [0.5, 0.6) is 0 Å². The van der Waals surface area contributed by atoms with Crippen LogP contribution in [0.15, 0.2) is 48.6 Å². The third-order valence-electron chi connectivity index (χ3n) is 3.71. The average molecular weight is 397 g/mol. The molecule has 1 aromatic heterocycles. The van der Waals surface area contributed by atoms with Crippen LogP contribution in [0.3, 0.4) is 0 Å². The van der Waals surface area contributed by atoms with Crippen molar-refractivity contribution in [1.82, 2.24) is 14.8 Å². The van der Waals surface area contributed by atoms with Gasteiger partial charge in [0.1, 0.15) is 12.7 Å². The molecule has 134 valence electrons. The first-order chi connectivity index (χ1) is 12.8. The zero-order valence-corrected chi connectivity index (χ0v) is 15.7.